The zero-order valence-corrected chi connectivity index (χ0v) is 13.9. The highest BCUT2D eigenvalue weighted by molar-refractivity contribution is 6.02. The lowest BCUT2D eigenvalue weighted by Crippen LogP contribution is -2.43. The Bertz CT molecular complexity index is 758. The summed E-state index contributed by atoms with van der Waals surface area (Å²) < 4.78 is 0. The highest BCUT2D eigenvalue weighted by Crippen LogP contribution is 2.21. The molecule has 3 amide bonds. The molecule has 5 nitrogen and oxygen atoms in total. The first kappa shape index (κ1) is 16.1. The molecule has 2 N–H and O–H groups in total. The average Bonchev–Trinajstić information content (AvgIpc) is 2.92. The molecule has 0 saturated carbocycles. The summed E-state index contributed by atoms with van der Waals surface area (Å²) in [5.74, 6) is -0.0722. The van der Waals surface area contributed by atoms with Gasteiger partial charge >= 0.3 is 6.03 Å². The largest absolute Gasteiger partial charge is 0.326 e. The van der Waals surface area contributed by atoms with Gasteiger partial charge in [-0.1, -0.05) is 35.9 Å². The first-order chi connectivity index (χ1) is 11.5. The number of urea groups is 1. The molecule has 1 aliphatic rings. The Morgan fingerprint density at radius 3 is 2.58 bits per heavy atom. The second kappa shape index (κ2) is 6.74. The smallest absolute Gasteiger partial charge is 0.319 e. The van der Waals surface area contributed by atoms with Crippen molar-refractivity contribution >= 4 is 23.3 Å². The van der Waals surface area contributed by atoms with E-state index in [2.05, 4.69) is 10.6 Å². The third kappa shape index (κ3) is 3.40. The van der Waals surface area contributed by atoms with Gasteiger partial charge < -0.3 is 15.5 Å². The van der Waals surface area contributed by atoms with E-state index in [0.29, 0.717) is 13.0 Å². The SMILES string of the molecule is Cc1ccc(NC(=O)NC2CCN(c3ccccc3)C2=O)c(C)c1. The molecule has 1 fully saturated rings. The second-order valence-corrected chi connectivity index (χ2v) is 6.08. The highest BCUT2D eigenvalue weighted by Gasteiger charge is 2.33. The van der Waals surface area contributed by atoms with Crippen molar-refractivity contribution in [3.8, 4) is 0 Å². The minimum Gasteiger partial charge on any atom is -0.326 e. The van der Waals surface area contributed by atoms with Crippen molar-refractivity contribution in [2.24, 2.45) is 0 Å². The van der Waals surface area contributed by atoms with Gasteiger partial charge in [-0.25, -0.2) is 4.79 Å². The van der Waals surface area contributed by atoms with E-state index in [9.17, 15) is 9.59 Å². The van der Waals surface area contributed by atoms with Gasteiger partial charge in [0.15, 0.2) is 0 Å². The zero-order chi connectivity index (χ0) is 17.1. The molecule has 0 aliphatic carbocycles. The lowest BCUT2D eigenvalue weighted by molar-refractivity contribution is -0.118. The maximum atomic E-state index is 12.5. The molecule has 0 radical (unpaired) electrons. The Labute approximate surface area is 141 Å². The standard InChI is InChI=1S/C19H21N3O2/c1-13-8-9-16(14(2)12-13)20-19(24)21-17-10-11-22(18(17)23)15-6-4-3-5-7-15/h3-9,12,17H,10-11H2,1-2H3,(H2,20,21,24). The molecule has 1 unspecified atom stereocenters. The summed E-state index contributed by atoms with van der Waals surface area (Å²) in [5, 5.41) is 5.60. The lowest BCUT2D eigenvalue weighted by atomic mass is 10.1. The molecular weight excluding hydrogens is 302 g/mol. The third-order valence-electron chi connectivity index (χ3n) is 4.21. The third-order valence-corrected chi connectivity index (χ3v) is 4.21. The number of amides is 3. The number of benzene rings is 2. The summed E-state index contributed by atoms with van der Waals surface area (Å²) in [6.07, 6.45) is 0.605. The number of rotatable bonds is 3. The number of nitrogens with zero attached hydrogens (tertiary/aromatic N) is 1. The average molecular weight is 323 g/mol. The fraction of sp³-hybridized carbons (Fsp3) is 0.263. The molecule has 0 bridgehead atoms. The molecule has 2 aromatic carbocycles. The topological polar surface area (TPSA) is 61.4 Å². The Balaban J connectivity index is 1.62. The van der Waals surface area contributed by atoms with Crippen LogP contribution < -0.4 is 15.5 Å². The van der Waals surface area contributed by atoms with Crippen LogP contribution in [0.15, 0.2) is 48.5 Å². The number of carbonyl (C=O) groups is 2. The molecule has 1 saturated heterocycles. The van der Waals surface area contributed by atoms with Gasteiger partial charge in [-0.2, -0.15) is 0 Å². The van der Waals surface area contributed by atoms with Gasteiger partial charge in [0.2, 0.25) is 5.91 Å². The molecule has 5 heteroatoms. The zero-order valence-electron chi connectivity index (χ0n) is 13.9. The molecule has 1 atom stereocenters. The van der Waals surface area contributed by atoms with Crippen molar-refractivity contribution in [2.75, 3.05) is 16.8 Å². The van der Waals surface area contributed by atoms with Crippen LogP contribution in [0.5, 0.6) is 0 Å². The number of hydrogen-bond donors (Lipinski definition) is 2. The van der Waals surface area contributed by atoms with E-state index in [4.69, 9.17) is 0 Å². The Hall–Kier alpha value is -2.82. The number of carbonyl (C=O) groups excluding carboxylic acids is 2. The summed E-state index contributed by atoms with van der Waals surface area (Å²) in [6, 6.07) is 14.5. The van der Waals surface area contributed by atoms with Gasteiger partial charge in [0.05, 0.1) is 0 Å². The normalized spacial score (nSPS) is 17.0. The molecule has 3 rings (SSSR count). The van der Waals surface area contributed by atoms with E-state index in [-0.39, 0.29) is 11.9 Å². The minimum atomic E-state index is -0.490. The van der Waals surface area contributed by atoms with Gasteiger partial charge in [-0.3, -0.25) is 4.79 Å². The molecule has 2 aromatic rings. The predicted octanol–water partition coefficient (Wildman–Crippen LogP) is 3.23. The number of nitrogens with one attached hydrogen (secondary N) is 2. The fourth-order valence-electron chi connectivity index (χ4n) is 2.95. The van der Waals surface area contributed by atoms with E-state index in [1.807, 2.05) is 62.4 Å². The summed E-state index contributed by atoms with van der Waals surface area (Å²) in [4.78, 5) is 26.4. The molecule has 124 valence electrons. The molecule has 0 aromatic heterocycles. The van der Waals surface area contributed by atoms with Crippen LogP contribution >= 0.6 is 0 Å². The summed E-state index contributed by atoms with van der Waals surface area (Å²) in [7, 11) is 0. The Kier molecular flexibility index (Phi) is 4.51. The van der Waals surface area contributed by atoms with E-state index < -0.39 is 6.04 Å². The van der Waals surface area contributed by atoms with Crippen molar-refractivity contribution in [1.29, 1.82) is 0 Å². The second-order valence-electron chi connectivity index (χ2n) is 6.08. The lowest BCUT2D eigenvalue weighted by Gasteiger charge is -2.17. The highest BCUT2D eigenvalue weighted by atomic mass is 16.2. The van der Waals surface area contributed by atoms with Crippen LogP contribution in [-0.4, -0.2) is 24.5 Å². The van der Waals surface area contributed by atoms with Crippen molar-refractivity contribution in [2.45, 2.75) is 26.3 Å². The monoisotopic (exact) mass is 323 g/mol. The van der Waals surface area contributed by atoms with Crippen LogP contribution in [0.1, 0.15) is 17.5 Å². The van der Waals surface area contributed by atoms with Gasteiger partial charge in [-0.15, -0.1) is 0 Å². The molecule has 0 spiro atoms. The van der Waals surface area contributed by atoms with Gasteiger partial charge in [0.25, 0.3) is 0 Å². The first-order valence-corrected chi connectivity index (χ1v) is 8.06. The minimum absolute atomic E-state index is 0.0722. The van der Waals surface area contributed by atoms with Crippen LogP contribution in [-0.2, 0) is 4.79 Å². The molecule has 1 heterocycles. The van der Waals surface area contributed by atoms with E-state index in [1.54, 1.807) is 4.90 Å². The van der Waals surface area contributed by atoms with Crippen molar-refractivity contribution in [1.82, 2.24) is 5.32 Å². The summed E-state index contributed by atoms with van der Waals surface area (Å²) >= 11 is 0. The molecule has 24 heavy (non-hydrogen) atoms. The Morgan fingerprint density at radius 2 is 1.88 bits per heavy atom. The van der Waals surface area contributed by atoms with Crippen LogP contribution in [0.2, 0.25) is 0 Å². The number of hydrogen-bond acceptors (Lipinski definition) is 2. The maximum absolute atomic E-state index is 12.5. The van der Waals surface area contributed by atoms with E-state index in [0.717, 1.165) is 22.5 Å². The van der Waals surface area contributed by atoms with Crippen LogP contribution in [0.25, 0.3) is 0 Å². The fourth-order valence-corrected chi connectivity index (χ4v) is 2.95. The number of aryl methyl sites for hydroxylation is 2. The van der Waals surface area contributed by atoms with Crippen LogP contribution in [0.4, 0.5) is 16.2 Å². The van der Waals surface area contributed by atoms with Crippen LogP contribution in [0, 0.1) is 13.8 Å². The van der Waals surface area contributed by atoms with E-state index in [1.165, 1.54) is 0 Å². The van der Waals surface area contributed by atoms with Crippen molar-refractivity contribution < 1.29 is 9.59 Å². The van der Waals surface area contributed by atoms with Gasteiger partial charge in [0.1, 0.15) is 6.04 Å². The number of para-hydroxylation sites is 1. The summed E-state index contributed by atoms with van der Waals surface area (Å²) in [6.45, 7) is 4.56. The van der Waals surface area contributed by atoms with Crippen molar-refractivity contribution in [3.05, 3.63) is 59.7 Å². The van der Waals surface area contributed by atoms with Crippen molar-refractivity contribution in [3.63, 3.8) is 0 Å². The predicted molar refractivity (Wildman–Crippen MR) is 95.3 cm³/mol. The summed E-state index contributed by atoms with van der Waals surface area (Å²) in [5.41, 5.74) is 3.75. The van der Waals surface area contributed by atoms with E-state index >= 15 is 0 Å². The van der Waals surface area contributed by atoms with Gasteiger partial charge in [0, 0.05) is 17.9 Å². The Morgan fingerprint density at radius 1 is 1.12 bits per heavy atom. The molecule has 1 aliphatic heterocycles. The first-order valence-electron chi connectivity index (χ1n) is 8.06. The number of anilines is 2. The quantitative estimate of drug-likeness (QED) is 0.911. The van der Waals surface area contributed by atoms with Gasteiger partial charge in [-0.05, 0) is 44.0 Å². The van der Waals surface area contributed by atoms with Crippen LogP contribution in [0.3, 0.4) is 0 Å². The molecular formula is C19H21N3O2. The maximum Gasteiger partial charge on any atom is 0.319 e.